The minimum atomic E-state index is -0.0984. The molecule has 0 saturated heterocycles. The zero-order valence-electron chi connectivity index (χ0n) is 12.5. The highest BCUT2D eigenvalue weighted by molar-refractivity contribution is 7.09. The average Bonchev–Trinajstić information content (AvgIpc) is 3.07. The second kappa shape index (κ2) is 7.31. The highest BCUT2D eigenvalue weighted by Crippen LogP contribution is 2.25. The third kappa shape index (κ3) is 3.80. The van der Waals surface area contributed by atoms with Crippen LogP contribution in [0.2, 0.25) is 0 Å². The normalized spacial score (nSPS) is 13.5. The maximum atomic E-state index is 11.8. The van der Waals surface area contributed by atoms with E-state index in [4.69, 9.17) is 0 Å². The first kappa shape index (κ1) is 14.9. The molecule has 0 aliphatic carbocycles. The molecule has 0 atom stereocenters. The van der Waals surface area contributed by atoms with Gasteiger partial charge in [0.05, 0.1) is 6.54 Å². The fourth-order valence-electron chi connectivity index (χ4n) is 2.79. The third-order valence-electron chi connectivity index (χ3n) is 3.88. The van der Waals surface area contributed by atoms with E-state index in [0.29, 0.717) is 13.1 Å². The number of anilines is 1. The van der Waals surface area contributed by atoms with E-state index in [-0.39, 0.29) is 6.03 Å². The summed E-state index contributed by atoms with van der Waals surface area (Å²) in [5.41, 5.74) is 2.73. The van der Waals surface area contributed by atoms with Gasteiger partial charge in [0.15, 0.2) is 0 Å². The SMILES string of the molecule is O=C(NCCN1CCCc2ccccc21)NCc1cccs1. The molecule has 0 saturated carbocycles. The molecule has 2 aromatic rings. The average molecular weight is 315 g/mol. The summed E-state index contributed by atoms with van der Waals surface area (Å²) in [6.07, 6.45) is 2.34. The van der Waals surface area contributed by atoms with Crippen molar-refractivity contribution in [2.45, 2.75) is 19.4 Å². The molecule has 3 rings (SSSR count). The first-order chi connectivity index (χ1) is 10.8. The third-order valence-corrected chi connectivity index (χ3v) is 4.75. The number of urea groups is 1. The zero-order valence-corrected chi connectivity index (χ0v) is 13.4. The van der Waals surface area contributed by atoms with Gasteiger partial charge in [-0.25, -0.2) is 4.79 Å². The van der Waals surface area contributed by atoms with E-state index in [1.54, 1.807) is 11.3 Å². The van der Waals surface area contributed by atoms with Gasteiger partial charge in [-0.3, -0.25) is 0 Å². The molecule has 2 N–H and O–H groups in total. The van der Waals surface area contributed by atoms with Crippen molar-refractivity contribution < 1.29 is 4.79 Å². The topological polar surface area (TPSA) is 44.4 Å². The van der Waals surface area contributed by atoms with E-state index in [0.717, 1.165) is 19.5 Å². The molecule has 5 heteroatoms. The van der Waals surface area contributed by atoms with Crippen molar-refractivity contribution >= 4 is 23.1 Å². The fourth-order valence-corrected chi connectivity index (χ4v) is 3.44. The van der Waals surface area contributed by atoms with Gasteiger partial charge >= 0.3 is 6.03 Å². The quantitative estimate of drug-likeness (QED) is 0.891. The summed E-state index contributed by atoms with van der Waals surface area (Å²) in [7, 11) is 0. The zero-order chi connectivity index (χ0) is 15.2. The summed E-state index contributed by atoms with van der Waals surface area (Å²) < 4.78 is 0. The number of para-hydroxylation sites is 1. The standard InChI is InChI=1S/C17H21N3OS/c21-17(19-13-15-7-4-12-22-15)18-9-11-20-10-3-6-14-5-1-2-8-16(14)20/h1-2,4-5,7-8,12H,3,6,9-11,13H2,(H2,18,19,21). The van der Waals surface area contributed by atoms with Crippen molar-refractivity contribution in [2.24, 2.45) is 0 Å². The van der Waals surface area contributed by atoms with E-state index in [9.17, 15) is 4.79 Å². The van der Waals surface area contributed by atoms with Crippen LogP contribution in [-0.4, -0.2) is 25.7 Å². The van der Waals surface area contributed by atoms with E-state index in [1.807, 2.05) is 17.5 Å². The second-order valence-corrected chi connectivity index (χ2v) is 6.44. The van der Waals surface area contributed by atoms with Crippen LogP contribution in [0.5, 0.6) is 0 Å². The predicted octanol–water partition coefficient (Wildman–Crippen LogP) is 3.00. The lowest BCUT2D eigenvalue weighted by atomic mass is 10.0. The van der Waals surface area contributed by atoms with Gasteiger partial charge < -0.3 is 15.5 Å². The van der Waals surface area contributed by atoms with Crippen LogP contribution in [0.3, 0.4) is 0 Å². The van der Waals surface area contributed by atoms with E-state index >= 15 is 0 Å². The number of carbonyl (C=O) groups excluding carboxylic acids is 1. The number of amides is 2. The van der Waals surface area contributed by atoms with Gasteiger partial charge in [0.25, 0.3) is 0 Å². The molecule has 2 amide bonds. The molecule has 1 aliphatic rings. The van der Waals surface area contributed by atoms with Crippen molar-refractivity contribution in [1.82, 2.24) is 10.6 Å². The van der Waals surface area contributed by atoms with Crippen LogP contribution in [0.25, 0.3) is 0 Å². The molecule has 1 aromatic heterocycles. The van der Waals surface area contributed by atoms with Gasteiger partial charge in [0.1, 0.15) is 0 Å². The van der Waals surface area contributed by atoms with Crippen molar-refractivity contribution in [3.63, 3.8) is 0 Å². The molecule has 0 spiro atoms. The van der Waals surface area contributed by atoms with Gasteiger partial charge in [-0.15, -0.1) is 11.3 Å². The lowest BCUT2D eigenvalue weighted by molar-refractivity contribution is 0.241. The van der Waals surface area contributed by atoms with E-state index in [2.05, 4.69) is 39.8 Å². The Morgan fingerprint density at radius 3 is 2.95 bits per heavy atom. The molecule has 4 nitrogen and oxygen atoms in total. The molecular weight excluding hydrogens is 294 g/mol. The molecule has 116 valence electrons. The van der Waals surface area contributed by atoms with Crippen LogP contribution in [-0.2, 0) is 13.0 Å². The molecular formula is C17H21N3OS. The lowest BCUT2D eigenvalue weighted by Crippen LogP contribution is -2.41. The number of hydrogen-bond acceptors (Lipinski definition) is 3. The van der Waals surface area contributed by atoms with Crippen LogP contribution < -0.4 is 15.5 Å². The molecule has 1 aliphatic heterocycles. The Hall–Kier alpha value is -2.01. The molecule has 1 aromatic carbocycles. The highest BCUT2D eigenvalue weighted by atomic mass is 32.1. The van der Waals surface area contributed by atoms with Gasteiger partial charge in [0.2, 0.25) is 0 Å². The Morgan fingerprint density at radius 1 is 1.18 bits per heavy atom. The largest absolute Gasteiger partial charge is 0.370 e. The smallest absolute Gasteiger partial charge is 0.315 e. The van der Waals surface area contributed by atoms with Crippen LogP contribution >= 0.6 is 11.3 Å². The summed E-state index contributed by atoms with van der Waals surface area (Å²) in [4.78, 5) is 15.3. The summed E-state index contributed by atoms with van der Waals surface area (Å²) >= 11 is 1.65. The van der Waals surface area contributed by atoms with Gasteiger partial charge in [-0.2, -0.15) is 0 Å². The molecule has 22 heavy (non-hydrogen) atoms. The minimum Gasteiger partial charge on any atom is -0.370 e. The maximum Gasteiger partial charge on any atom is 0.315 e. The maximum absolute atomic E-state index is 11.8. The van der Waals surface area contributed by atoms with Crippen LogP contribution in [0.15, 0.2) is 41.8 Å². The number of fused-ring (bicyclic) bond motifs is 1. The monoisotopic (exact) mass is 315 g/mol. The summed E-state index contributed by atoms with van der Waals surface area (Å²) in [5.74, 6) is 0. The summed E-state index contributed by atoms with van der Waals surface area (Å²) in [6.45, 7) is 3.17. The number of thiophene rings is 1. The van der Waals surface area contributed by atoms with Gasteiger partial charge in [-0.05, 0) is 35.9 Å². The van der Waals surface area contributed by atoms with Gasteiger partial charge in [-0.1, -0.05) is 24.3 Å². The minimum absolute atomic E-state index is 0.0984. The number of aryl methyl sites for hydroxylation is 1. The van der Waals surface area contributed by atoms with Crippen LogP contribution in [0.1, 0.15) is 16.9 Å². The van der Waals surface area contributed by atoms with Crippen molar-refractivity contribution in [3.05, 3.63) is 52.2 Å². The van der Waals surface area contributed by atoms with Crippen LogP contribution in [0.4, 0.5) is 10.5 Å². The van der Waals surface area contributed by atoms with Crippen molar-refractivity contribution in [1.29, 1.82) is 0 Å². The second-order valence-electron chi connectivity index (χ2n) is 5.41. The number of nitrogens with one attached hydrogen (secondary N) is 2. The van der Waals surface area contributed by atoms with Gasteiger partial charge in [0, 0.05) is 30.2 Å². The fraction of sp³-hybridized carbons (Fsp3) is 0.353. The Bertz CT molecular complexity index is 612. The molecule has 2 heterocycles. The number of hydrogen-bond donors (Lipinski definition) is 2. The Morgan fingerprint density at radius 2 is 2.09 bits per heavy atom. The number of rotatable bonds is 5. The molecule has 0 fully saturated rings. The number of benzene rings is 1. The van der Waals surface area contributed by atoms with E-state index < -0.39 is 0 Å². The molecule has 0 radical (unpaired) electrons. The molecule has 0 bridgehead atoms. The first-order valence-corrected chi connectivity index (χ1v) is 8.58. The molecule has 0 unspecified atom stereocenters. The lowest BCUT2D eigenvalue weighted by Gasteiger charge is -2.31. The van der Waals surface area contributed by atoms with E-state index in [1.165, 1.54) is 22.5 Å². The van der Waals surface area contributed by atoms with Crippen LogP contribution in [0, 0.1) is 0 Å². The van der Waals surface area contributed by atoms with Crippen molar-refractivity contribution in [3.8, 4) is 0 Å². The number of carbonyl (C=O) groups is 1. The predicted molar refractivity (Wildman–Crippen MR) is 91.5 cm³/mol. The Kier molecular flexibility index (Phi) is 4.96. The Labute approximate surface area is 135 Å². The summed E-state index contributed by atoms with van der Waals surface area (Å²) in [5, 5.41) is 7.84. The Balaban J connectivity index is 1.42. The number of nitrogens with zero attached hydrogens (tertiary/aromatic N) is 1. The van der Waals surface area contributed by atoms with Crippen molar-refractivity contribution in [2.75, 3.05) is 24.5 Å². The highest BCUT2D eigenvalue weighted by Gasteiger charge is 2.15. The first-order valence-electron chi connectivity index (χ1n) is 7.70. The summed E-state index contributed by atoms with van der Waals surface area (Å²) in [6, 6.07) is 12.5.